The van der Waals surface area contributed by atoms with Crippen LogP contribution in [0.5, 0.6) is 0 Å². The number of aliphatic carboxylic acids is 3. The van der Waals surface area contributed by atoms with Crippen LogP contribution in [-0.4, -0.2) is 154 Å². The van der Waals surface area contributed by atoms with Crippen LogP contribution in [0.15, 0.2) is 11.5 Å². The SMILES string of the molecule is O=C(O)C1=C(O)[C@H](O)[C@H](O)[C@H](O[C@H]2[C@H](O)[C@H](O)[C@H](O[C@H]3[C@H](O)[C@H](O)C(O)O[C@@H]3C(=O)O)O[C@@H]2C(=O)O)O1. The third-order valence-corrected chi connectivity index (χ3v) is 5.72. The lowest BCUT2D eigenvalue weighted by Crippen LogP contribution is -2.66. The number of rotatable bonds is 7. The van der Waals surface area contributed by atoms with Crippen molar-refractivity contribution in [1.29, 1.82) is 0 Å². The lowest BCUT2D eigenvalue weighted by Gasteiger charge is -2.45. The normalized spacial score (nSPS) is 44.7. The van der Waals surface area contributed by atoms with Crippen molar-refractivity contribution in [2.75, 3.05) is 0 Å². The monoisotopic (exact) mass is 544 g/mol. The Morgan fingerprint density at radius 3 is 1.65 bits per heavy atom. The van der Waals surface area contributed by atoms with E-state index in [1.54, 1.807) is 0 Å². The molecular formula is C18H24O19. The number of carbonyl (C=O) groups is 3. The standard InChI is InChI=1S/C18H24O19/c19-1-2(20)10(13(26)27)36-17(6(1)24)35-9-4(22)7(25)18(37-12(9)15(30)31)34-8-3(21)5(23)16(32)33-11(8)14(28)29/h1,3-9,11-12,16-25,32H,(H,26,27)(H,28,29)(H,30,31)/t1-,3+,4+,5-,6-,7-,8-,9-,11-,12-,16?,17+,18+/m0/s1. The Bertz CT molecular complexity index is 921. The fourth-order valence-electron chi connectivity index (χ4n) is 3.77. The van der Waals surface area contributed by atoms with Gasteiger partial charge in [-0.15, -0.1) is 0 Å². The lowest BCUT2D eigenvalue weighted by molar-refractivity contribution is -0.359. The molecule has 3 heterocycles. The molecule has 0 aliphatic carbocycles. The Hall–Kier alpha value is -2.69. The number of hydrogen-bond donors (Lipinski definition) is 11. The zero-order chi connectivity index (χ0) is 27.9. The molecule has 3 aliphatic rings. The van der Waals surface area contributed by atoms with Crippen LogP contribution in [0.1, 0.15) is 0 Å². The van der Waals surface area contributed by atoms with Gasteiger partial charge in [-0.25, -0.2) is 14.4 Å². The molecule has 1 unspecified atom stereocenters. The summed E-state index contributed by atoms with van der Waals surface area (Å²) in [6.07, 6.45) is -28.6. The van der Waals surface area contributed by atoms with Crippen LogP contribution in [0.4, 0.5) is 0 Å². The van der Waals surface area contributed by atoms with Gasteiger partial charge in [0.25, 0.3) is 0 Å². The highest BCUT2D eigenvalue weighted by atomic mass is 16.8. The number of carboxylic acids is 3. The molecular weight excluding hydrogens is 520 g/mol. The molecule has 2 fully saturated rings. The van der Waals surface area contributed by atoms with Gasteiger partial charge in [0.05, 0.1) is 0 Å². The summed E-state index contributed by atoms with van der Waals surface area (Å²) in [5, 5.41) is 108. The van der Waals surface area contributed by atoms with E-state index in [4.69, 9.17) is 24.1 Å². The predicted octanol–water partition coefficient (Wildman–Crippen LogP) is -6.26. The Kier molecular flexibility index (Phi) is 8.56. The summed E-state index contributed by atoms with van der Waals surface area (Å²) < 4.78 is 24.6. The van der Waals surface area contributed by atoms with Crippen molar-refractivity contribution in [3.63, 3.8) is 0 Å². The molecule has 2 saturated heterocycles. The maximum atomic E-state index is 11.8. The highest BCUT2D eigenvalue weighted by Crippen LogP contribution is 2.32. The van der Waals surface area contributed by atoms with Crippen LogP contribution in [0, 0.1) is 0 Å². The molecule has 13 atom stereocenters. The summed E-state index contributed by atoms with van der Waals surface area (Å²) >= 11 is 0. The molecule has 0 aromatic heterocycles. The second-order valence-corrected chi connectivity index (χ2v) is 8.15. The number of hydrogen-bond acceptors (Lipinski definition) is 16. The number of aliphatic hydroxyl groups is 8. The summed E-state index contributed by atoms with van der Waals surface area (Å²) in [6.45, 7) is 0. The van der Waals surface area contributed by atoms with Gasteiger partial charge in [0.15, 0.2) is 30.5 Å². The average Bonchev–Trinajstić information content (AvgIpc) is 2.82. The van der Waals surface area contributed by atoms with Gasteiger partial charge >= 0.3 is 17.9 Å². The van der Waals surface area contributed by atoms with Crippen LogP contribution in [0.2, 0.25) is 0 Å². The molecule has 0 aromatic rings. The summed E-state index contributed by atoms with van der Waals surface area (Å²) in [5.41, 5.74) is 0. The molecule has 11 N–H and O–H groups in total. The van der Waals surface area contributed by atoms with Gasteiger partial charge in [-0.2, -0.15) is 0 Å². The van der Waals surface area contributed by atoms with Gasteiger partial charge in [-0.3, -0.25) is 0 Å². The van der Waals surface area contributed by atoms with Crippen molar-refractivity contribution in [1.82, 2.24) is 0 Å². The zero-order valence-electron chi connectivity index (χ0n) is 18.2. The van der Waals surface area contributed by atoms with Crippen molar-refractivity contribution in [3.05, 3.63) is 11.5 Å². The van der Waals surface area contributed by atoms with E-state index in [1.165, 1.54) is 0 Å². The second kappa shape index (κ2) is 11.0. The predicted molar refractivity (Wildman–Crippen MR) is 103 cm³/mol. The second-order valence-electron chi connectivity index (χ2n) is 8.15. The van der Waals surface area contributed by atoms with E-state index in [0.717, 1.165) is 0 Å². The molecule has 210 valence electrons. The summed E-state index contributed by atoms with van der Waals surface area (Å²) in [7, 11) is 0. The first kappa shape index (κ1) is 28.9. The van der Waals surface area contributed by atoms with Crippen LogP contribution in [-0.2, 0) is 38.1 Å². The minimum absolute atomic E-state index is 1.27. The van der Waals surface area contributed by atoms with E-state index >= 15 is 0 Å². The smallest absolute Gasteiger partial charge is 0.375 e. The third-order valence-electron chi connectivity index (χ3n) is 5.72. The molecule has 0 saturated carbocycles. The van der Waals surface area contributed by atoms with Crippen LogP contribution < -0.4 is 0 Å². The van der Waals surface area contributed by atoms with E-state index in [2.05, 4.69) is 4.74 Å². The van der Waals surface area contributed by atoms with E-state index in [0.29, 0.717) is 0 Å². The van der Waals surface area contributed by atoms with E-state index in [-0.39, 0.29) is 0 Å². The Morgan fingerprint density at radius 2 is 1.14 bits per heavy atom. The van der Waals surface area contributed by atoms with E-state index < -0.39 is 109 Å². The average molecular weight is 544 g/mol. The van der Waals surface area contributed by atoms with Crippen LogP contribution >= 0.6 is 0 Å². The Morgan fingerprint density at radius 1 is 0.649 bits per heavy atom. The van der Waals surface area contributed by atoms with Crippen molar-refractivity contribution in [3.8, 4) is 0 Å². The first-order valence-corrected chi connectivity index (χ1v) is 10.3. The topological polar surface area (TPSA) is 320 Å². The van der Waals surface area contributed by atoms with Gasteiger partial charge in [-0.05, 0) is 0 Å². The van der Waals surface area contributed by atoms with Gasteiger partial charge in [0, 0.05) is 0 Å². The molecule has 19 nitrogen and oxygen atoms in total. The highest BCUT2D eigenvalue weighted by Gasteiger charge is 2.55. The number of ether oxygens (including phenoxy) is 5. The molecule has 0 amide bonds. The molecule has 0 aromatic carbocycles. The Balaban J connectivity index is 1.82. The molecule has 0 spiro atoms. The number of aliphatic hydroxyl groups excluding tert-OH is 8. The van der Waals surface area contributed by atoms with E-state index in [1.807, 2.05) is 0 Å². The van der Waals surface area contributed by atoms with Gasteiger partial charge in [0.1, 0.15) is 48.8 Å². The summed E-state index contributed by atoms with van der Waals surface area (Å²) in [4.78, 5) is 34.5. The minimum atomic E-state index is -2.30. The van der Waals surface area contributed by atoms with Gasteiger partial charge in [-0.1, -0.05) is 0 Å². The van der Waals surface area contributed by atoms with E-state index in [9.17, 15) is 65.4 Å². The Labute approximate surface area is 204 Å². The van der Waals surface area contributed by atoms with Gasteiger partial charge < -0.3 is 79.9 Å². The van der Waals surface area contributed by atoms with Gasteiger partial charge in [0.2, 0.25) is 12.0 Å². The van der Waals surface area contributed by atoms with Crippen molar-refractivity contribution >= 4 is 17.9 Å². The number of carboxylic acid groups (broad SMARTS) is 3. The molecule has 37 heavy (non-hydrogen) atoms. The first-order chi connectivity index (χ1) is 17.2. The van der Waals surface area contributed by atoms with Crippen LogP contribution in [0.3, 0.4) is 0 Å². The highest BCUT2D eigenvalue weighted by molar-refractivity contribution is 5.85. The molecule has 19 heteroatoms. The maximum absolute atomic E-state index is 11.8. The first-order valence-electron chi connectivity index (χ1n) is 10.3. The largest absolute Gasteiger partial charge is 0.506 e. The molecule has 3 aliphatic heterocycles. The third kappa shape index (κ3) is 5.46. The minimum Gasteiger partial charge on any atom is -0.506 e. The maximum Gasteiger partial charge on any atom is 0.375 e. The fourth-order valence-corrected chi connectivity index (χ4v) is 3.77. The van der Waals surface area contributed by atoms with Crippen molar-refractivity contribution in [2.24, 2.45) is 0 Å². The fraction of sp³-hybridized carbons (Fsp3) is 0.722. The molecule has 3 rings (SSSR count). The summed E-state index contributed by atoms with van der Waals surface area (Å²) in [5.74, 6) is -8.15. The van der Waals surface area contributed by atoms with Crippen LogP contribution in [0.25, 0.3) is 0 Å². The molecule has 0 bridgehead atoms. The molecule has 0 radical (unpaired) electrons. The van der Waals surface area contributed by atoms with Crippen molar-refractivity contribution in [2.45, 2.75) is 79.9 Å². The quantitative estimate of drug-likeness (QED) is 0.142. The lowest BCUT2D eigenvalue weighted by atomic mass is 9.96. The van der Waals surface area contributed by atoms with Crippen molar-refractivity contribution < 1.29 is 94.2 Å². The summed E-state index contributed by atoms with van der Waals surface area (Å²) in [6, 6.07) is 0. The zero-order valence-corrected chi connectivity index (χ0v) is 18.2.